The molecule has 0 radical (unpaired) electrons. The SMILES string of the molecule is CC[C@H]1O[C@@H](n2cnc3c(SCc4ccccc4)ncnc32)CC1C. The van der Waals surface area contributed by atoms with Crippen molar-refractivity contribution in [3.63, 3.8) is 0 Å². The summed E-state index contributed by atoms with van der Waals surface area (Å²) in [5.74, 6) is 1.43. The van der Waals surface area contributed by atoms with Gasteiger partial charge in [0.25, 0.3) is 0 Å². The second-order valence-electron chi connectivity index (χ2n) is 6.53. The zero-order chi connectivity index (χ0) is 17.2. The van der Waals surface area contributed by atoms with Crippen LogP contribution in [0.1, 0.15) is 38.5 Å². The molecule has 1 fully saturated rings. The van der Waals surface area contributed by atoms with Crippen molar-refractivity contribution in [2.24, 2.45) is 5.92 Å². The topological polar surface area (TPSA) is 52.8 Å². The van der Waals surface area contributed by atoms with Crippen LogP contribution in [0.25, 0.3) is 11.2 Å². The van der Waals surface area contributed by atoms with Crippen LogP contribution >= 0.6 is 11.8 Å². The summed E-state index contributed by atoms with van der Waals surface area (Å²) in [4.78, 5) is 13.5. The molecule has 5 nitrogen and oxygen atoms in total. The number of imidazole rings is 1. The second kappa shape index (κ2) is 7.14. The van der Waals surface area contributed by atoms with Crippen molar-refractivity contribution in [3.05, 3.63) is 48.5 Å². The van der Waals surface area contributed by atoms with E-state index in [0.29, 0.717) is 12.0 Å². The van der Waals surface area contributed by atoms with Gasteiger partial charge in [-0.25, -0.2) is 15.0 Å². The van der Waals surface area contributed by atoms with Crippen molar-refractivity contribution in [1.82, 2.24) is 19.5 Å². The van der Waals surface area contributed by atoms with Crippen molar-refractivity contribution in [1.29, 1.82) is 0 Å². The fourth-order valence-electron chi connectivity index (χ4n) is 3.41. The molecule has 2 aromatic heterocycles. The lowest BCUT2D eigenvalue weighted by molar-refractivity contribution is -0.00305. The lowest BCUT2D eigenvalue weighted by Crippen LogP contribution is -2.12. The molecule has 25 heavy (non-hydrogen) atoms. The second-order valence-corrected chi connectivity index (χ2v) is 7.49. The van der Waals surface area contributed by atoms with Crippen molar-refractivity contribution >= 4 is 22.9 Å². The first kappa shape index (κ1) is 16.5. The van der Waals surface area contributed by atoms with Crippen LogP contribution in [0.15, 0.2) is 48.0 Å². The van der Waals surface area contributed by atoms with E-state index >= 15 is 0 Å². The molecule has 1 aliphatic rings. The van der Waals surface area contributed by atoms with Crippen molar-refractivity contribution < 1.29 is 4.74 Å². The first-order valence-electron chi connectivity index (χ1n) is 8.76. The van der Waals surface area contributed by atoms with E-state index in [-0.39, 0.29) is 6.23 Å². The number of nitrogens with zero attached hydrogens (tertiary/aromatic N) is 4. The van der Waals surface area contributed by atoms with Gasteiger partial charge in [-0.15, -0.1) is 0 Å². The van der Waals surface area contributed by atoms with E-state index in [0.717, 1.165) is 34.8 Å². The molecular formula is C19H22N4OS. The highest BCUT2D eigenvalue weighted by atomic mass is 32.2. The fourth-order valence-corrected chi connectivity index (χ4v) is 4.31. The van der Waals surface area contributed by atoms with Crippen molar-refractivity contribution in [2.75, 3.05) is 0 Å². The standard InChI is InChI=1S/C19H22N4OS/c1-3-15-13(2)9-16(24-15)23-12-22-17-18(23)20-11-21-19(17)25-10-14-7-5-4-6-8-14/h4-8,11-13,15-16H,3,9-10H2,1-2H3/t13?,15-,16-/m1/s1. The number of benzene rings is 1. The summed E-state index contributed by atoms with van der Waals surface area (Å²) in [6.07, 6.45) is 5.85. The predicted molar refractivity (Wildman–Crippen MR) is 99.3 cm³/mol. The average Bonchev–Trinajstić information content (AvgIpc) is 3.24. The Hall–Kier alpha value is -1.92. The lowest BCUT2D eigenvalue weighted by Gasteiger charge is -2.14. The van der Waals surface area contributed by atoms with Crippen molar-refractivity contribution in [3.8, 4) is 0 Å². The van der Waals surface area contributed by atoms with Crippen LogP contribution in [-0.4, -0.2) is 25.6 Å². The summed E-state index contributed by atoms with van der Waals surface area (Å²) < 4.78 is 8.27. The van der Waals surface area contributed by atoms with Crippen LogP contribution in [-0.2, 0) is 10.5 Å². The Labute approximate surface area is 151 Å². The monoisotopic (exact) mass is 354 g/mol. The number of aromatic nitrogens is 4. The normalized spacial score (nSPS) is 23.4. The maximum atomic E-state index is 6.20. The van der Waals surface area contributed by atoms with Crippen LogP contribution < -0.4 is 0 Å². The first-order chi connectivity index (χ1) is 12.3. The van der Waals surface area contributed by atoms with Crippen LogP contribution in [0.5, 0.6) is 0 Å². The molecule has 3 heterocycles. The largest absolute Gasteiger partial charge is 0.354 e. The van der Waals surface area contributed by atoms with Crippen LogP contribution in [0.2, 0.25) is 0 Å². The minimum Gasteiger partial charge on any atom is -0.354 e. The lowest BCUT2D eigenvalue weighted by atomic mass is 10.0. The number of hydrogen-bond acceptors (Lipinski definition) is 5. The number of fused-ring (bicyclic) bond motifs is 1. The summed E-state index contributed by atoms with van der Waals surface area (Å²) in [5, 5.41) is 0.922. The maximum Gasteiger partial charge on any atom is 0.166 e. The highest BCUT2D eigenvalue weighted by Crippen LogP contribution is 2.36. The Morgan fingerprint density at radius 1 is 1.20 bits per heavy atom. The molecule has 1 aliphatic heterocycles. The summed E-state index contributed by atoms with van der Waals surface area (Å²) in [7, 11) is 0. The Morgan fingerprint density at radius 2 is 2.04 bits per heavy atom. The predicted octanol–water partition coefficient (Wildman–Crippen LogP) is 4.45. The van der Waals surface area contributed by atoms with E-state index in [2.05, 4.69) is 57.6 Å². The molecule has 4 rings (SSSR count). The molecule has 0 saturated carbocycles. The third-order valence-electron chi connectivity index (χ3n) is 4.80. The minimum absolute atomic E-state index is 0.0202. The molecule has 0 spiro atoms. The quantitative estimate of drug-likeness (QED) is 0.500. The molecule has 0 bridgehead atoms. The van der Waals surface area contributed by atoms with Gasteiger partial charge in [-0.3, -0.25) is 4.57 Å². The highest BCUT2D eigenvalue weighted by molar-refractivity contribution is 7.98. The summed E-state index contributed by atoms with van der Waals surface area (Å²) in [6, 6.07) is 10.4. The van der Waals surface area contributed by atoms with Gasteiger partial charge in [-0.05, 0) is 24.3 Å². The highest BCUT2D eigenvalue weighted by Gasteiger charge is 2.33. The third-order valence-corrected chi connectivity index (χ3v) is 5.85. The molecule has 1 aromatic carbocycles. The molecule has 1 saturated heterocycles. The summed E-state index contributed by atoms with van der Waals surface area (Å²) in [5.41, 5.74) is 3.00. The molecule has 3 atom stereocenters. The summed E-state index contributed by atoms with van der Waals surface area (Å²) in [6.45, 7) is 4.43. The number of hydrogen-bond donors (Lipinski definition) is 0. The molecule has 1 unspecified atom stereocenters. The van der Waals surface area contributed by atoms with Gasteiger partial charge in [0.15, 0.2) is 5.65 Å². The Morgan fingerprint density at radius 3 is 2.80 bits per heavy atom. The van der Waals surface area contributed by atoms with Gasteiger partial charge >= 0.3 is 0 Å². The fraction of sp³-hybridized carbons (Fsp3) is 0.421. The Kier molecular flexibility index (Phi) is 4.72. The number of thioether (sulfide) groups is 1. The Balaban J connectivity index is 1.58. The van der Waals surface area contributed by atoms with Crippen molar-refractivity contribution in [2.45, 2.75) is 49.8 Å². The van der Waals surface area contributed by atoms with Crippen LogP contribution in [0.4, 0.5) is 0 Å². The van der Waals surface area contributed by atoms with E-state index in [1.165, 1.54) is 5.56 Å². The van der Waals surface area contributed by atoms with Crippen LogP contribution in [0.3, 0.4) is 0 Å². The molecule has 6 heteroatoms. The molecule has 0 aliphatic carbocycles. The van der Waals surface area contributed by atoms with Crippen LogP contribution in [0, 0.1) is 5.92 Å². The first-order valence-corrected chi connectivity index (χ1v) is 9.74. The molecule has 3 aromatic rings. The third kappa shape index (κ3) is 3.28. The van der Waals surface area contributed by atoms with Gasteiger partial charge in [0.05, 0.1) is 12.4 Å². The van der Waals surface area contributed by atoms with E-state index in [9.17, 15) is 0 Å². The molecule has 0 amide bonds. The summed E-state index contributed by atoms with van der Waals surface area (Å²) >= 11 is 1.70. The zero-order valence-corrected chi connectivity index (χ0v) is 15.3. The number of rotatable bonds is 5. The zero-order valence-electron chi connectivity index (χ0n) is 14.5. The van der Waals surface area contributed by atoms with Gasteiger partial charge in [0.1, 0.15) is 23.1 Å². The Bertz CT molecular complexity index is 851. The van der Waals surface area contributed by atoms with Gasteiger partial charge in [-0.2, -0.15) is 0 Å². The number of ether oxygens (including phenoxy) is 1. The minimum atomic E-state index is 0.0202. The van der Waals surface area contributed by atoms with Gasteiger partial charge in [0.2, 0.25) is 0 Å². The van der Waals surface area contributed by atoms with Gasteiger partial charge in [0, 0.05) is 5.75 Å². The van der Waals surface area contributed by atoms with E-state index in [4.69, 9.17) is 4.74 Å². The van der Waals surface area contributed by atoms with E-state index < -0.39 is 0 Å². The smallest absolute Gasteiger partial charge is 0.166 e. The van der Waals surface area contributed by atoms with E-state index in [1.807, 2.05) is 12.4 Å². The van der Waals surface area contributed by atoms with E-state index in [1.54, 1.807) is 18.1 Å². The van der Waals surface area contributed by atoms with Gasteiger partial charge in [-0.1, -0.05) is 55.9 Å². The maximum absolute atomic E-state index is 6.20. The average molecular weight is 354 g/mol. The molecular weight excluding hydrogens is 332 g/mol. The molecule has 0 N–H and O–H groups in total. The van der Waals surface area contributed by atoms with Gasteiger partial charge < -0.3 is 4.74 Å². The molecule has 130 valence electrons.